The van der Waals surface area contributed by atoms with Crippen LogP contribution >= 0.6 is 11.8 Å². The Balaban J connectivity index is 1.83. The Kier molecular flexibility index (Phi) is 6.50. The molecule has 138 valence electrons. The van der Waals surface area contributed by atoms with Crippen molar-refractivity contribution in [2.75, 3.05) is 0 Å². The van der Waals surface area contributed by atoms with Gasteiger partial charge < -0.3 is 10.3 Å². The number of carbonyl (C=O) groups excluding carboxylic acids is 1. The summed E-state index contributed by atoms with van der Waals surface area (Å²) in [6.07, 6.45) is 6.09. The number of hydrogen-bond acceptors (Lipinski definition) is 4. The lowest BCUT2D eigenvalue weighted by Crippen LogP contribution is -2.35. The van der Waals surface area contributed by atoms with Crippen LogP contribution in [0, 0.1) is 0 Å². The van der Waals surface area contributed by atoms with E-state index in [0.29, 0.717) is 5.16 Å². The van der Waals surface area contributed by atoms with E-state index in [-0.39, 0.29) is 17.5 Å². The van der Waals surface area contributed by atoms with E-state index in [1.54, 1.807) is 0 Å². The van der Waals surface area contributed by atoms with Gasteiger partial charge in [0.2, 0.25) is 5.91 Å². The van der Waals surface area contributed by atoms with E-state index < -0.39 is 5.25 Å². The summed E-state index contributed by atoms with van der Waals surface area (Å²) in [4.78, 5) is 32.2. The molecular weight excluding hydrogens is 346 g/mol. The van der Waals surface area contributed by atoms with Crippen LogP contribution in [-0.2, 0) is 11.2 Å². The molecule has 1 amide bonds. The van der Waals surface area contributed by atoms with E-state index in [0.717, 1.165) is 36.9 Å². The summed E-state index contributed by atoms with van der Waals surface area (Å²) in [5, 5.41) is 3.24. The number of aromatic nitrogens is 2. The molecule has 1 saturated carbocycles. The number of H-pyrrole nitrogens is 1. The van der Waals surface area contributed by atoms with Crippen LogP contribution < -0.4 is 10.9 Å². The minimum absolute atomic E-state index is 0.0170. The maximum absolute atomic E-state index is 12.9. The average Bonchev–Trinajstić information content (AvgIpc) is 3.13. The molecule has 0 radical (unpaired) electrons. The second-order valence-corrected chi connectivity index (χ2v) is 7.78. The van der Waals surface area contributed by atoms with E-state index in [9.17, 15) is 9.59 Å². The second-order valence-electron chi connectivity index (χ2n) is 6.69. The van der Waals surface area contributed by atoms with Gasteiger partial charge in [-0.15, -0.1) is 0 Å². The van der Waals surface area contributed by atoms with E-state index in [2.05, 4.69) is 22.2 Å². The first-order valence-corrected chi connectivity index (χ1v) is 10.2. The SMILES string of the molecule is CCCc1cc(=O)[nH]c(S[C@H](C(=O)NC2CCCC2)c2ccccc2)n1. The first kappa shape index (κ1) is 18.7. The van der Waals surface area contributed by atoms with E-state index >= 15 is 0 Å². The third-order valence-electron chi connectivity index (χ3n) is 4.55. The lowest BCUT2D eigenvalue weighted by Gasteiger charge is -2.19. The molecule has 2 aromatic rings. The highest BCUT2D eigenvalue weighted by Gasteiger charge is 2.26. The molecule has 0 saturated heterocycles. The van der Waals surface area contributed by atoms with Gasteiger partial charge in [0.1, 0.15) is 5.25 Å². The number of rotatable bonds is 7. The van der Waals surface area contributed by atoms with Gasteiger partial charge in [-0.2, -0.15) is 0 Å². The van der Waals surface area contributed by atoms with Gasteiger partial charge >= 0.3 is 0 Å². The highest BCUT2D eigenvalue weighted by atomic mass is 32.2. The minimum Gasteiger partial charge on any atom is -0.352 e. The second kappa shape index (κ2) is 9.03. The van der Waals surface area contributed by atoms with Gasteiger partial charge in [0.25, 0.3) is 5.56 Å². The summed E-state index contributed by atoms with van der Waals surface area (Å²) in [6, 6.07) is 11.5. The lowest BCUT2D eigenvalue weighted by molar-refractivity contribution is -0.121. The molecular formula is C20H25N3O2S. The van der Waals surface area contributed by atoms with E-state index in [1.165, 1.54) is 30.7 Å². The van der Waals surface area contributed by atoms with Gasteiger partial charge in [-0.05, 0) is 24.8 Å². The maximum Gasteiger partial charge on any atom is 0.251 e. The van der Waals surface area contributed by atoms with Crippen molar-refractivity contribution in [1.29, 1.82) is 0 Å². The van der Waals surface area contributed by atoms with Crippen LogP contribution in [0.1, 0.15) is 55.5 Å². The summed E-state index contributed by atoms with van der Waals surface area (Å²) >= 11 is 1.31. The molecule has 26 heavy (non-hydrogen) atoms. The number of amides is 1. The summed E-state index contributed by atoms with van der Waals surface area (Å²) in [6.45, 7) is 2.05. The molecule has 1 aromatic carbocycles. The lowest BCUT2D eigenvalue weighted by atomic mass is 10.1. The molecule has 5 nitrogen and oxygen atoms in total. The smallest absolute Gasteiger partial charge is 0.251 e. The van der Waals surface area contributed by atoms with Gasteiger partial charge in [-0.1, -0.05) is 68.3 Å². The molecule has 1 aromatic heterocycles. The monoisotopic (exact) mass is 371 g/mol. The molecule has 0 aliphatic heterocycles. The molecule has 0 unspecified atom stereocenters. The number of carbonyl (C=O) groups is 1. The molecule has 1 aliphatic carbocycles. The molecule has 1 aliphatic rings. The number of nitrogens with zero attached hydrogens (tertiary/aromatic N) is 1. The number of aryl methyl sites for hydroxylation is 1. The fourth-order valence-electron chi connectivity index (χ4n) is 3.28. The highest BCUT2D eigenvalue weighted by molar-refractivity contribution is 8.00. The molecule has 2 N–H and O–H groups in total. The van der Waals surface area contributed by atoms with Crippen LogP contribution in [0.4, 0.5) is 0 Å². The van der Waals surface area contributed by atoms with Crippen molar-refractivity contribution in [3.63, 3.8) is 0 Å². The Morgan fingerprint density at radius 2 is 2.04 bits per heavy atom. The molecule has 1 fully saturated rings. The van der Waals surface area contributed by atoms with Crippen molar-refractivity contribution in [2.45, 2.75) is 61.9 Å². The van der Waals surface area contributed by atoms with E-state index in [4.69, 9.17) is 0 Å². The predicted octanol–water partition coefficient (Wildman–Crippen LogP) is 3.61. The summed E-state index contributed by atoms with van der Waals surface area (Å²) in [5.41, 5.74) is 1.51. The number of nitrogens with one attached hydrogen (secondary N) is 2. The third kappa shape index (κ3) is 4.97. The van der Waals surface area contributed by atoms with Crippen molar-refractivity contribution >= 4 is 17.7 Å². The number of thioether (sulfide) groups is 1. The predicted molar refractivity (Wildman–Crippen MR) is 104 cm³/mol. The van der Waals surface area contributed by atoms with Gasteiger partial charge in [0, 0.05) is 17.8 Å². The number of aromatic amines is 1. The standard InChI is InChI=1S/C20H25N3O2S/c1-2-8-16-13-17(24)23-20(22-16)26-18(14-9-4-3-5-10-14)19(25)21-15-11-6-7-12-15/h3-5,9-10,13,15,18H,2,6-8,11-12H2,1H3,(H,21,25)(H,22,23,24)/t18-/m0/s1. The van der Waals surface area contributed by atoms with Gasteiger partial charge in [0.05, 0.1) is 0 Å². The van der Waals surface area contributed by atoms with Crippen molar-refractivity contribution < 1.29 is 4.79 Å². The number of benzene rings is 1. The fraction of sp³-hybridized carbons (Fsp3) is 0.450. The van der Waals surface area contributed by atoms with Crippen molar-refractivity contribution in [1.82, 2.24) is 15.3 Å². The Bertz CT molecular complexity index is 785. The number of hydrogen-bond donors (Lipinski definition) is 2. The topological polar surface area (TPSA) is 74.8 Å². The maximum atomic E-state index is 12.9. The Morgan fingerprint density at radius 1 is 1.31 bits per heavy atom. The molecule has 1 heterocycles. The van der Waals surface area contributed by atoms with Gasteiger partial charge in [-0.3, -0.25) is 9.59 Å². The zero-order valence-corrected chi connectivity index (χ0v) is 15.8. The molecule has 0 spiro atoms. The highest BCUT2D eigenvalue weighted by Crippen LogP contribution is 2.34. The first-order valence-electron chi connectivity index (χ1n) is 9.28. The van der Waals surface area contributed by atoms with Crippen LogP contribution in [0.15, 0.2) is 46.3 Å². The zero-order chi connectivity index (χ0) is 18.4. The molecule has 6 heteroatoms. The van der Waals surface area contributed by atoms with Crippen LogP contribution in [-0.4, -0.2) is 21.9 Å². The zero-order valence-electron chi connectivity index (χ0n) is 15.0. The van der Waals surface area contributed by atoms with Crippen LogP contribution in [0.3, 0.4) is 0 Å². The van der Waals surface area contributed by atoms with Gasteiger partial charge in [-0.25, -0.2) is 4.98 Å². The first-order chi connectivity index (χ1) is 12.7. The minimum atomic E-state index is -0.433. The van der Waals surface area contributed by atoms with Crippen LogP contribution in [0.25, 0.3) is 0 Å². The summed E-state index contributed by atoms with van der Waals surface area (Å²) < 4.78 is 0. The van der Waals surface area contributed by atoms with Crippen LogP contribution in [0.5, 0.6) is 0 Å². The largest absolute Gasteiger partial charge is 0.352 e. The van der Waals surface area contributed by atoms with Crippen molar-refractivity contribution in [3.05, 3.63) is 58.0 Å². The fourth-order valence-corrected chi connectivity index (χ4v) is 4.30. The van der Waals surface area contributed by atoms with Crippen molar-refractivity contribution in [3.8, 4) is 0 Å². The molecule has 1 atom stereocenters. The quantitative estimate of drug-likeness (QED) is 0.576. The summed E-state index contributed by atoms with van der Waals surface area (Å²) in [5.74, 6) is -0.0170. The average molecular weight is 372 g/mol. The normalized spacial score (nSPS) is 15.7. The van der Waals surface area contributed by atoms with E-state index in [1.807, 2.05) is 30.3 Å². The molecule has 0 bridgehead atoms. The Hall–Kier alpha value is -2.08. The van der Waals surface area contributed by atoms with Gasteiger partial charge in [0.15, 0.2) is 5.16 Å². The molecule has 3 rings (SSSR count). The van der Waals surface area contributed by atoms with Crippen LogP contribution in [0.2, 0.25) is 0 Å². The van der Waals surface area contributed by atoms with Crippen molar-refractivity contribution in [2.24, 2.45) is 0 Å². The Morgan fingerprint density at radius 3 is 2.73 bits per heavy atom. The third-order valence-corrected chi connectivity index (χ3v) is 5.69. The Labute approximate surface area is 158 Å². The summed E-state index contributed by atoms with van der Waals surface area (Å²) in [7, 11) is 0.